The first-order valence-corrected chi connectivity index (χ1v) is 10.1. The summed E-state index contributed by atoms with van der Waals surface area (Å²) in [5, 5.41) is 7.53. The van der Waals surface area contributed by atoms with Crippen LogP contribution in [0, 0.1) is 4.77 Å². The number of hydrogen-bond donors (Lipinski definition) is 3. The molecule has 0 atom stereocenters. The molecule has 0 saturated carbocycles. The summed E-state index contributed by atoms with van der Waals surface area (Å²) in [5.74, 6) is 3.23. The lowest BCUT2D eigenvalue weighted by Gasteiger charge is -2.10. The fourth-order valence-corrected chi connectivity index (χ4v) is 4.12. The first-order chi connectivity index (χ1) is 13.2. The van der Waals surface area contributed by atoms with Crippen molar-refractivity contribution in [1.29, 1.82) is 0 Å². The van der Waals surface area contributed by atoms with Crippen LogP contribution < -0.4 is 14.2 Å². The number of unbranched alkanes of at least 4 members (excludes halogenated alkanes) is 2. The van der Waals surface area contributed by atoms with Gasteiger partial charge in [-0.3, -0.25) is 10.2 Å². The van der Waals surface area contributed by atoms with Crippen LogP contribution in [0.15, 0.2) is 17.3 Å². The maximum atomic E-state index is 5.68. The number of hydrogen-bond acceptors (Lipinski definition) is 6. The summed E-state index contributed by atoms with van der Waals surface area (Å²) >= 11 is 6.63. The van der Waals surface area contributed by atoms with Crippen molar-refractivity contribution in [2.45, 2.75) is 30.8 Å². The van der Waals surface area contributed by atoms with Gasteiger partial charge in [0.1, 0.15) is 0 Å². The highest BCUT2D eigenvalue weighted by Crippen LogP contribution is 2.42. The van der Waals surface area contributed by atoms with Gasteiger partial charge in [0.05, 0.1) is 37.9 Å². The Bertz CT molecular complexity index is 948. The molecule has 0 aliphatic heterocycles. The van der Waals surface area contributed by atoms with Gasteiger partial charge in [-0.2, -0.15) is 4.98 Å². The quantitative estimate of drug-likeness (QED) is 0.260. The van der Waals surface area contributed by atoms with Gasteiger partial charge < -0.3 is 19.2 Å². The van der Waals surface area contributed by atoms with Gasteiger partial charge in [0.15, 0.2) is 22.4 Å². The topological polar surface area (TPSA) is 88.0 Å². The number of aromatic amines is 3. The average molecular weight is 409 g/mol. The molecule has 0 amide bonds. The molecule has 0 aliphatic carbocycles. The van der Waals surface area contributed by atoms with Crippen LogP contribution in [0.25, 0.3) is 10.9 Å². The SMILES string of the molecule is COc1ccc2[nH]c(CCCCCSc3nc(=S)[nH][nH]3)c(OC)c2c1OC. The Morgan fingerprint density at radius 3 is 2.48 bits per heavy atom. The molecule has 3 rings (SSSR count). The molecule has 0 aliphatic rings. The molecule has 0 unspecified atom stereocenters. The molecule has 1 aromatic carbocycles. The zero-order valence-electron chi connectivity index (χ0n) is 15.7. The molecule has 0 fully saturated rings. The number of benzene rings is 1. The first-order valence-electron chi connectivity index (χ1n) is 8.75. The van der Waals surface area contributed by atoms with Crippen molar-refractivity contribution in [2.24, 2.45) is 0 Å². The highest BCUT2D eigenvalue weighted by molar-refractivity contribution is 7.99. The number of nitrogens with zero attached hydrogens (tertiary/aromatic N) is 1. The van der Waals surface area contributed by atoms with Gasteiger partial charge in [-0.25, -0.2) is 0 Å². The Kier molecular flexibility index (Phi) is 6.68. The highest BCUT2D eigenvalue weighted by atomic mass is 32.2. The lowest BCUT2D eigenvalue weighted by atomic mass is 10.1. The number of thioether (sulfide) groups is 1. The fourth-order valence-electron chi connectivity index (χ4n) is 3.10. The maximum Gasteiger partial charge on any atom is 0.214 e. The van der Waals surface area contributed by atoms with Crippen LogP contribution in [0.4, 0.5) is 0 Å². The van der Waals surface area contributed by atoms with Crippen LogP contribution in [0.1, 0.15) is 25.0 Å². The summed E-state index contributed by atoms with van der Waals surface area (Å²) in [5.41, 5.74) is 2.08. The van der Waals surface area contributed by atoms with Crippen molar-refractivity contribution in [2.75, 3.05) is 27.1 Å². The van der Waals surface area contributed by atoms with Gasteiger partial charge in [0, 0.05) is 5.75 Å². The van der Waals surface area contributed by atoms with Crippen LogP contribution >= 0.6 is 24.0 Å². The lowest BCUT2D eigenvalue weighted by Crippen LogP contribution is -1.93. The number of fused-ring (bicyclic) bond motifs is 1. The molecule has 0 spiro atoms. The number of rotatable bonds is 10. The Morgan fingerprint density at radius 1 is 1.00 bits per heavy atom. The van der Waals surface area contributed by atoms with Gasteiger partial charge in [-0.1, -0.05) is 18.2 Å². The Hall–Kier alpha value is -2.13. The molecule has 7 nitrogen and oxygen atoms in total. The summed E-state index contributed by atoms with van der Waals surface area (Å²) in [6, 6.07) is 3.89. The molecule has 3 N–H and O–H groups in total. The normalized spacial score (nSPS) is 11.1. The van der Waals surface area contributed by atoms with E-state index in [4.69, 9.17) is 26.4 Å². The van der Waals surface area contributed by atoms with E-state index < -0.39 is 0 Å². The van der Waals surface area contributed by atoms with E-state index in [9.17, 15) is 0 Å². The van der Waals surface area contributed by atoms with E-state index in [0.717, 1.165) is 58.9 Å². The molecule has 0 saturated heterocycles. The third-order valence-corrected chi connectivity index (χ3v) is 5.48. The van der Waals surface area contributed by atoms with Crippen LogP contribution in [-0.4, -0.2) is 47.2 Å². The van der Waals surface area contributed by atoms with E-state index in [1.165, 1.54) is 0 Å². The number of nitrogens with one attached hydrogen (secondary N) is 3. The Balaban J connectivity index is 1.60. The molecule has 0 bridgehead atoms. The van der Waals surface area contributed by atoms with Crippen molar-refractivity contribution in [3.8, 4) is 17.2 Å². The van der Waals surface area contributed by atoms with Gasteiger partial charge in [0.25, 0.3) is 0 Å². The molecule has 2 heterocycles. The minimum absolute atomic E-state index is 0.496. The monoisotopic (exact) mass is 408 g/mol. The minimum Gasteiger partial charge on any atom is -0.494 e. The van der Waals surface area contributed by atoms with Gasteiger partial charge in [-0.15, -0.1) is 0 Å². The molecule has 146 valence electrons. The third kappa shape index (κ3) is 4.41. The van der Waals surface area contributed by atoms with Crippen LogP contribution in [0.5, 0.6) is 17.2 Å². The number of aromatic nitrogens is 4. The van der Waals surface area contributed by atoms with Gasteiger partial charge >= 0.3 is 0 Å². The summed E-state index contributed by atoms with van der Waals surface area (Å²) in [6.07, 6.45) is 4.22. The second-order valence-electron chi connectivity index (χ2n) is 5.99. The molecule has 0 radical (unpaired) electrons. The van der Waals surface area contributed by atoms with Gasteiger partial charge in [-0.05, 0) is 43.6 Å². The van der Waals surface area contributed by atoms with E-state index in [2.05, 4.69) is 20.2 Å². The smallest absolute Gasteiger partial charge is 0.214 e. The number of aryl methyl sites for hydroxylation is 1. The van der Waals surface area contributed by atoms with E-state index >= 15 is 0 Å². The van der Waals surface area contributed by atoms with Crippen molar-refractivity contribution in [3.63, 3.8) is 0 Å². The number of H-pyrrole nitrogens is 3. The summed E-state index contributed by atoms with van der Waals surface area (Å²) < 4.78 is 17.1. The Labute approximate surface area is 167 Å². The predicted octanol–water partition coefficient (Wildman–Crippen LogP) is 4.48. The summed E-state index contributed by atoms with van der Waals surface area (Å²) in [6.45, 7) is 0. The molecule has 27 heavy (non-hydrogen) atoms. The number of ether oxygens (including phenoxy) is 3. The summed E-state index contributed by atoms with van der Waals surface area (Å²) in [7, 11) is 4.97. The zero-order valence-corrected chi connectivity index (χ0v) is 17.3. The summed E-state index contributed by atoms with van der Waals surface area (Å²) in [4.78, 5) is 7.64. The largest absolute Gasteiger partial charge is 0.494 e. The maximum absolute atomic E-state index is 5.68. The molecular weight excluding hydrogens is 384 g/mol. The fraction of sp³-hybridized carbons (Fsp3) is 0.444. The lowest BCUT2D eigenvalue weighted by molar-refractivity contribution is 0.356. The van der Waals surface area contributed by atoms with E-state index in [1.54, 1.807) is 33.1 Å². The van der Waals surface area contributed by atoms with E-state index in [1.807, 2.05) is 12.1 Å². The average Bonchev–Trinajstić information content (AvgIpc) is 3.26. The predicted molar refractivity (Wildman–Crippen MR) is 110 cm³/mol. The molecular formula is C18H24N4O3S2. The van der Waals surface area contributed by atoms with Crippen molar-refractivity contribution in [1.82, 2.24) is 20.2 Å². The molecule has 9 heteroatoms. The second kappa shape index (κ2) is 9.18. The van der Waals surface area contributed by atoms with Crippen LogP contribution in [0.3, 0.4) is 0 Å². The van der Waals surface area contributed by atoms with Crippen molar-refractivity contribution >= 4 is 34.9 Å². The zero-order chi connectivity index (χ0) is 19.2. The van der Waals surface area contributed by atoms with Crippen LogP contribution in [-0.2, 0) is 6.42 Å². The van der Waals surface area contributed by atoms with E-state index in [0.29, 0.717) is 16.3 Å². The van der Waals surface area contributed by atoms with Crippen molar-refractivity contribution in [3.05, 3.63) is 22.6 Å². The second-order valence-corrected chi connectivity index (χ2v) is 7.46. The third-order valence-electron chi connectivity index (χ3n) is 4.33. The minimum atomic E-state index is 0.496. The highest BCUT2D eigenvalue weighted by Gasteiger charge is 2.19. The number of methoxy groups -OCH3 is 3. The van der Waals surface area contributed by atoms with Crippen molar-refractivity contribution < 1.29 is 14.2 Å². The molecule has 3 aromatic rings. The Morgan fingerprint density at radius 2 is 1.81 bits per heavy atom. The molecule has 2 aromatic heterocycles. The first kappa shape index (κ1) is 19.6. The standard InChI is InChI=1S/C18H24N4O3S2/c1-23-13-9-8-11-14(16(13)25-3)15(24-2)12(19-11)7-5-4-6-10-27-18-20-17(26)21-22-18/h8-9,19H,4-7,10H2,1-3H3,(H2,20,21,22,26). The van der Waals surface area contributed by atoms with Crippen LogP contribution in [0.2, 0.25) is 0 Å². The van der Waals surface area contributed by atoms with Gasteiger partial charge in [0.2, 0.25) is 4.77 Å². The van der Waals surface area contributed by atoms with E-state index in [-0.39, 0.29) is 0 Å².